The molecule has 0 atom stereocenters. The molecule has 1 heterocycles. The van der Waals surface area contributed by atoms with Crippen LogP contribution in [0, 0.1) is 0 Å². The van der Waals surface area contributed by atoms with E-state index in [-0.39, 0.29) is 5.56 Å². The molecule has 0 saturated carbocycles. The van der Waals surface area contributed by atoms with Crippen molar-refractivity contribution in [3.63, 3.8) is 0 Å². The summed E-state index contributed by atoms with van der Waals surface area (Å²) in [7, 11) is 0. The molecule has 0 radical (unpaired) electrons. The van der Waals surface area contributed by atoms with Crippen molar-refractivity contribution in [3.05, 3.63) is 67.6 Å². The molecule has 20 heavy (non-hydrogen) atoms. The van der Waals surface area contributed by atoms with Gasteiger partial charge in [-0.25, -0.2) is 0 Å². The maximum absolute atomic E-state index is 11.4. The Morgan fingerprint density at radius 3 is 2.60 bits per heavy atom. The molecular weight excluding hydrogens is 254 g/mol. The standard InChI is InChI=1S/C16H13NO3/c1-2-17-11(9-12-14(18)16(20)15(12)19)8-7-10-5-3-4-6-13(10)17/h3-9,18H,2H2,1H3/b11-9+. The Bertz CT molecular complexity index is 807. The predicted molar refractivity (Wildman–Crippen MR) is 79.5 cm³/mol. The average molecular weight is 267 g/mol. The minimum Gasteiger partial charge on any atom is -0.504 e. The topological polar surface area (TPSA) is 57.6 Å². The molecule has 0 spiro atoms. The summed E-state index contributed by atoms with van der Waals surface area (Å²) in [6.45, 7) is 2.73. The molecule has 0 aliphatic carbocycles. The fraction of sp³-hybridized carbons (Fsp3) is 0.125. The van der Waals surface area contributed by atoms with Gasteiger partial charge in [0.1, 0.15) is 0 Å². The molecular formula is C16H13NO3. The van der Waals surface area contributed by atoms with Crippen LogP contribution in [0.2, 0.25) is 0 Å². The maximum atomic E-state index is 11.4. The van der Waals surface area contributed by atoms with Crippen LogP contribution in [-0.4, -0.2) is 11.7 Å². The Hall–Kier alpha value is -2.62. The first-order chi connectivity index (χ1) is 9.63. The van der Waals surface area contributed by atoms with Gasteiger partial charge in [-0.15, -0.1) is 0 Å². The summed E-state index contributed by atoms with van der Waals surface area (Å²) in [6.07, 6.45) is 5.40. The summed E-state index contributed by atoms with van der Waals surface area (Å²) < 4.78 is 0. The molecule has 4 heteroatoms. The van der Waals surface area contributed by atoms with Crippen molar-refractivity contribution < 1.29 is 5.11 Å². The van der Waals surface area contributed by atoms with Crippen LogP contribution < -0.4 is 15.8 Å². The van der Waals surface area contributed by atoms with Crippen molar-refractivity contribution in [2.75, 3.05) is 11.4 Å². The lowest BCUT2D eigenvalue weighted by molar-refractivity contribution is 0.461. The Morgan fingerprint density at radius 2 is 1.90 bits per heavy atom. The third-order valence-corrected chi connectivity index (χ3v) is 3.50. The summed E-state index contributed by atoms with van der Waals surface area (Å²) in [5.74, 6) is -0.439. The van der Waals surface area contributed by atoms with Crippen molar-refractivity contribution in [2.24, 2.45) is 0 Å². The fourth-order valence-corrected chi connectivity index (χ4v) is 2.44. The van der Waals surface area contributed by atoms with E-state index in [1.165, 1.54) is 0 Å². The van der Waals surface area contributed by atoms with Gasteiger partial charge in [-0.1, -0.05) is 24.3 Å². The molecule has 1 aliphatic heterocycles. The molecule has 2 aromatic carbocycles. The fourth-order valence-electron chi connectivity index (χ4n) is 2.44. The molecule has 0 unspecified atom stereocenters. The first-order valence-electron chi connectivity index (χ1n) is 6.42. The van der Waals surface area contributed by atoms with E-state index in [2.05, 4.69) is 0 Å². The molecule has 0 saturated heterocycles. The van der Waals surface area contributed by atoms with E-state index in [9.17, 15) is 14.7 Å². The zero-order valence-electron chi connectivity index (χ0n) is 11.0. The monoisotopic (exact) mass is 267 g/mol. The molecule has 1 aliphatic rings. The third kappa shape index (κ3) is 1.69. The number of nitrogens with zero attached hydrogens (tertiary/aromatic N) is 1. The van der Waals surface area contributed by atoms with Crippen molar-refractivity contribution in [1.82, 2.24) is 0 Å². The van der Waals surface area contributed by atoms with E-state index in [0.29, 0.717) is 0 Å². The second kappa shape index (κ2) is 4.49. The van der Waals surface area contributed by atoms with Gasteiger partial charge in [0, 0.05) is 17.9 Å². The first-order valence-corrected chi connectivity index (χ1v) is 6.42. The number of aromatic hydroxyl groups is 1. The summed E-state index contributed by atoms with van der Waals surface area (Å²) >= 11 is 0. The highest BCUT2D eigenvalue weighted by Crippen LogP contribution is 2.31. The Labute approximate surface area is 115 Å². The SMILES string of the molecule is CCN1/C(=C/c2c(O)c(=O)c2=O)C=Cc2ccccc21. The smallest absolute Gasteiger partial charge is 0.268 e. The zero-order chi connectivity index (χ0) is 14.3. The quantitative estimate of drug-likeness (QED) is 0.844. The summed E-state index contributed by atoms with van der Waals surface area (Å²) in [5.41, 5.74) is 1.59. The summed E-state index contributed by atoms with van der Waals surface area (Å²) in [6, 6.07) is 7.93. The molecule has 0 amide bonds. The van der Waals surface area contributed by atoms with Crippen molar-refractivity contribution >= 4 is 17.8 Å². The molecule has 3 rings (SSSR count). The molecule has 0 bridgehead atoms. The Kier molecular flexibility index (Phi) is 2.79. The maximum Gasteiger partial charge on any atom is 0.268 e. The summed E-state index contributed by atoms with van der Waals surface area (Å²) in [5, 5.41) is 9.45. The predicted octanol–water partition coefficient (Wildman–Crippen LogP) is 1.88. The number of allylic oxidation sites excluding steroid dienone is 1. The Morgan fingerprint density at radius 1 is 1.15 bits per heavy atom. The minimum absolute atomic E-state index is 0.0903. The van der Waals surface area contributed by atoms with Crippen LogP contribution in [0.25, 0.3) is 12.2 Å². The van der Waals surface area contributed by atoms with Crippen molar-refractivity contribution in [1.29, 1.82) is 0 Å². The number of likely N-dealkylation sites (N-methyl/N-ethyl adjacent to an activating group) is 1. The number of anilines is 1. The highest BCUT2D eigenvalue weighted by molar-refractivity contribution is 5.80. The largest absolute Gasteiger partial charge is 0.504 e. The van der Waals surface area contributed by atoms with Gasteiger partial charge in [0.05, 0.1) is 5.56 Å². The van der Waals surface area contributed by atoms with Crippen LogP contribution in [0.3, 0.4) is 0 Å². The van der Waals surface area contributed by atoms with Gasteiger partial charge in [-0.2, -0.15) is 0 Å². The van der Waals surface area contributed by atoms with Crippen LogP contribution >= 0.6 is 0 Å². The van der Waals surface area contributed by atoms with Crippen LogP contribution in [0.1, 0.15) is 18.1 Å². The van der Waals surface area contributed by atoms with Crippen LogP contribution in [-0.2, 0) is 0 Å². The second-order valence-electron chi connectivity index (χ2n) is 4.63. The molecule has 2 aromatic rings. The van der Waals surface area contributed by atoms with E-state index in [0.717, 1.165) is 23.5 Å². The Balaban J connectivity index is 2.09. The number of hydrogen-bond acceptors (Lipinski definition) is 4. The number of hydrogen-bond donors (Lipinski definition) is 1. The van der Waals surface area contributed by atoms with Gasteiger partial charge < -0.3 is 10.0 Å². The van der Waals surface area contributed by atoms with E-state index in [1.54, 1.807) is 6.08 Å². The number of fused-ring (bicyclic) bond motifs is 1. The summed E-state index contributed by atoms with van der Waals surface area (Å²) in [4.78, 5) is 24.5. The van der Waals surface area contributed by atoms with E-state index in [4.69, 9.17) is 0 Å². The van der Waals surface area contributed by atoms with Gasteiger partial charge in [-0.3, -0.25) is 9.59 Å². The third-order valence-electron chi connectivity index (χ3n) is 3.50. The number of rotatable bonds is 2. The lowest BCUT2D eigenvalue weighted by atomic mass is 10.0. The molecule has 0 fully saturated rings. The normalized spacial score (nSPS) is 15.8. The van der Waals surface area contributed by atoms with E-state index in [1.807, 2.05) is 48.2 Å². The minimum atomic E-state index is -0.805. The van der Waals surface area contributed by atoms with Gasteiger partial charge in [0.15, 0.2) is 5.75 Å². The molecule has 0 aromatic heterocycles. The van der Waals surface area contributed by atoms with Crippen LogP contribution in [0.4, 0.5) is 5.69 Å². The highest BCUT2D eigenvalue weighted by Gasteiger charge is 2.21. The van der Waals surface area contributed by atoms with Crippen LogP contribution in [0.15, 0.2) is 45.6 Å². The van der Waals surface area contributed by atoms with Crippen LogP contribution in [0.5, 0.6) is 5.75 Å². The lowest BCUT2D eigenvalue weighted by Crippen LogP contribution is -2.33. The average Bonchev–Trinajstić information content (AvgIpc) is 2.50. The molecule has 4 nitrogen and oxygen atoms in total. The van der Waals surface area contributed by atoms with Gasteiger partial charge in [-0.05, 0) is 30.7 Å². The van der Waals surface area contributed by atoms with Crippen molar-refractivity contribution in [3.8, 4) is 5.75 Å². The number of benzene rings is 1. The van der Waals surface area contributed by atoms with Crippen molar-refractivity contribution in [2.45, 2.75) is 6.92 Å². The van der Waals surface area contributed by atoms with Gasteiger partial charge in [0.25, 0.3) is 5.43 Å². The second-order valence-corrected chi connectivity index (χ2v) is 4.63. The van der Waals surface area contributed by atoms with E-state index >= 15 is 0 Å². The highest BCUT2D eigenvalue weighted by atomic mass is 16.3. The van der Waals surface area contributed by atoms with E-state index < -0.39 is 16.6 Å². The molecule has 100 valence electrons. The first kappa shape index (κ1) is 12.4. The lowest BCUT2D eigenvalue weighted by Gasteiger charge is -2.29. The van der Waals surface area contributed by atoms with Gasteiger partial charge in [0.2, 0.25) is 5.43 Å². The molecule has 1 N–H and O–H groups in total. The number of para-hydroxylation sites is 1. The van der Waals surface area contributed by atoms with Gasteiger partial charge >= 0.3 is 0 Å². The zero-order valence-corrected chi connectivity index (χ0v) is 11.0.